The Balaban J connectivity index is 2.01. The van der Waals surface area contributed by atoms with Gasteiger partial charge < -0.3 is 14.9 Å². The second-order valence-electron chi connectivity index (χ2n) is 11.8. The van der Waals surface area contributed by atoms with Crippen molar-refractivity contribution in [1.82, 2.24) is 15.0 Å². The minimum absolute atomic E-state index is 0.0570. The van der Waals surface area contributed by atoms with Gasteiger partial charge in [-0.1, -0.05) is 74.4 Å². The number of ether oxygens (including phenoxy) is 1. The first-order chi connectivity index (χ1) is 19.3. The van der Waals surface area contributed by atoms with Gasteiger partial charge in [-0.3, -0.25) is 4.79 Å². The quantitative estimate of drug-likeness (QED) is 0.244. The van der Waals surface area contributed by atoms with E-state index in [-0.39, 0.29) is 19.0 Å². The van der Waals surface area contributed by atoms with Crippen molar-refractivity contribution in [3.05, 3.63) is 81.9 Å². The highest BCUT2D eigenvalue weighted by atomic mass is 16.5. The van der Waals surface area contributed by atoms with Gasteiger partial charge >= 0.3 is 5.97 Å². The Hall–Kier alpha value is -4.10. The Morgan fingerprint density at radius 1 is 0.805 bits per heavy atom. The van der Waals surface area contributed by atoms with Crippen LogP contribution in [0.4, 0.5) is 0 Å². The molecule has 0 aliphatic carbocycles. The molecular formula is C34H39N3O4. The summed E-state index contributed by atoms with van der Waals surface area (Å²) < 4.78 is 5.22. The molecule has 0 aliphatic rings. The van der Waals surface area contributed by atoms with Crippen LogP contribution in [0.1, 0.15) is 67.0 Å². The van der Waals surface area contributed by atoms with Crippen molar-refractivity contribution < 1.29 is 19.7 Å². The molecule has 0 saturated carbocycles. The number of aromatic nitrogens is 3. The highest BCUT2D eigenvalue weighted by Crippen LogP contribution is 2.41. The van der Waals surface area contributed by atoms with Gasteiger partial charge in [-0.15, -0.1) is 0 Å². The van der Waals surface area contributed by atoms with E-state index in [4.69, 9.17) is 24.8 Å². The van der Waals surface area contributed by atoms with Crippen LogP contribution in [0.2, 0.25) is 0 Å². The van der Waals surface area contributed by atoms with Crippen molar-refractivity contribution in [2.75, 3.05) is 13.2 Å². The first kappa shape index (κ1) is 29.9. The van der Waals surface area contributed by atoms with Gasteiger partial charge in [-0.05, 0) is 62.8 Å². The summed E-state index contributed by atoms with van der Waals surface area (Å²) in [6.07, 6.45) is 0. The van der Waals surface area contributed by atoms with E-state index in [2.05, 4.69) is 12.1 Å². The fraction of sp³-hybridized carbons (Fsp3) is 0.353. The maximum absolute atomic E-state index is 12.8. The fourth-order valence-electron chi connectivity index (χ4n) is 4.92. The number of hydrogen-bond acceptors (Lipinski definition) is 7. The number of benzene rings is 3. The summed E-state index contributed by atoms with van der Waals surface area (Å²) in [7, 11) is 0. The van der Waals surface area contributed by atoms with E-state index in [1.54, 1.807) is 13.0 Å². The van der Waals surface area contributed by atoms with Crippen molar-refractivity contribution >= 4 is 5.97 Å². The van der Waals surface area contributed by atoms with E-state index in [1.807, 2.05) is 78.8 Å². The van der Waals surface area contributed by atoms with Gasteiger partial charge in [0.1, 0.15) is 12.4 Å². The maximum atomic E-state index is 12.8. The van der Waals surface area contributed by atoms with Crippen LogP contribution in [0.15, 0.2) is 48.5 Å². The van der Waals surface area contributed by atoms with Crippen molar-refractivity contribution in [3.63, 3.8) is 0 Å². The van der Waals surface area contributed by atoms with E-state index in [0.29, 0.717) is 34.2 Å². The lowest BCUT2D eigenvalue weighted by Gasteiger charge is -2.24. The molecule has 4 rings (SSSR count). The Labute approximate surface area is 242 Å². The lowest BCUT2D eigenvalue weighted by molar-refractivity contribution is -0.146. The maximum Gasteiger partial charge on any atom is 0.313 e. The average molecular weight is 554 g/mol. The molecule has 0 aliphatic heterocycles. The monoisotopic (exact) mass is 553 g/mol. The summed E-state index contributed by atoms with van der Waals surface area (Å²) in [6, 6.07) is 15.8. The largest absolute Gasteiger partial charge is 0.507 e. The van der Waals surface area contributed by atoms with E-state index < -0.39 is 17.3 Å². The van der Waals surface area contributed by atoms with Crippen LogP contribution in [-0.2, 0) is 14.9 Å². The second-order valence-corrected chi connectivity index (χ2v) is 11.8. The number of esters is 1. The number of hydrogen-bond donors (Lipinski definition) is 2. The minimum Gasteiger partial charge on any atom is -0.507 e. The third-order valence-corrected chi connectivity index (χ3v) is 7.25. The molecule has 2 N–H and O–H groups in total. The predicted octanol–water partition coefficient (Wildman–Crippen LogP) is 6.75. The third kappa shape index (κ3) is 6.46. The number of aliphatic hydroxyl groups is 1. The lowest BCUT2D eigenvalue weighted by atomic mass is 9.82. The summed E-state index contributed by atoms with van der Waals surface area (Å²) in [5.41, 5.74) is 7.37. The molecule has 214 valence electrons. The summed E-state index contributed by atoms with van der Waals surface area (Å²) in [6.45, 7) is 15.6. The van der Waals surface area contributed by atoms with Crippen molar-refractivity contribution in [3.8, 4) is 39.9 Å². The van der Waals surface area contributed by atoms with E-state index in [1.165, 1.54) is 0 Å². The Kier molecular flexibility index (Phi) is 8.59. The summed E-state index contributed by atoms with van der Waals surface area (Å²) in [4.78, 5) is 27.4. The highest BCUT2D eigenvalue weighted by molar-refractivity contribution is 5.80. The number of aryl methyl sites for hydroxylation is 4. The standard InChI is InChI=1S/C34H39N3O4/c1-19-9-11-25(21(3)15-19)30-35-31(26-12-10-20(2)16-22(26)4)37-32(36-30)27-17-24(23(5)33(40)41-14-13-38)18-28(29(27)39)34(6,7)8/h9-12,15-18,23,38-39H,13-14H2,1-8H3. The summed E-state index contributed by atoms with van der Waals surface area (Å²) >= 11 is 0. The molecule has 1 aromatic heterocycles. The Morgan fingerprint density at radius 3 is 1.73 bits per heavy atom. The number of rotatable bonds is 7. The van der Waals surface area contributed by atoms with Gasteiger partial charge in [0.25, 0.3) is 0 Å². The fourth-order valence-corrected chi connectivity index (χ4v) is 4.92. The number of aliphatic hydroxyl groups excluding tert-OH is 1. The lowest BCUT2D eigenvalue weighted by Crippen LogP contribution is -2.18. The molecule has 0 spiro atoms. The van der Waals surface area contributed by atoms with Crippen LogP contribution in [0.3, 0.4) is 0 Å². The molecule has 1 heterocycles. The van der Waals surface area contributed by atoms with Crippen LogP contribution in [0.25, 0.3) is 34.2 Å². The van der Waals surface area contributed by atoms with Crippen LogP contribution in [0.5, 0.6) is 5.75 Å². The molecule has 7 heteroatoms. The molecule has 0 fully saturated rings. The smallest absolute Gasteiger partial charge is 0.313 e. The summed E-state index contributed by atoms with van der Waals surface area (Å²) in [5.74, 6) is 0.270. The predicted molar refractivity (Wildman–Crippen MR) is 162 cm³/mol. The van der Waals surface area contributed by atoms with Gasteiger partial charge in [-0.2, -0.15) is 0 Å². The van der Waals surface area contributed by atoms with Crippen molar-refractivity contribution in [2.45, 2.75) is 66.7 Å². The minimum atomic E-state index is -0.638. The molecule has 0 radical (unpaired) electrons. The normalized spacial score (nSPS) is 12.3. The van der Waals surface area contributed by atoms with E-state index in [9.17, 15) is 9.90 Å². The van der Waals surface area contributed by atoms with Crippen LogP contribution in [-0.4, -0.2) is 44.3 Å². The molecule has 7 nitrogen and oxygen atoms in total. The van der Waals surface area contributed by atoms with E-state index >= 15 is 0 Å². The topological polar surface area (TPSA) is 105 Å². The van der Waals surface area contributed by atoms with Gasteiger partial charge in [0.15, 0.2) is 17.5 Å². The molecular weight excluding hydrogens is 514 g/mol. The Morgan fingerprint density at radius 2 is 1.29 bits per heavy atom. The molecule has 0 bridgehead atoms. The van der Waals surface area contributed by atoms with Gasteiger partial charge in [0.2, 0.25) is 0 Å². The van der Waals surface area contributed by atoms with Crippen LogP contribution >= 0.6 is 0 Å². The average Bonchev–Trinajstić information content (AvgIpc) is 2.90. The number of nitrogens with zero attached hydrogens (tertiary/aromatic N) is 3. The van der Waals surface area contributed by atoms with Crippen LogP contribution < -0.4 is 0 Å². The molecule has 0 amide bonds. The molecule has 41 heavy (non-hydrogen) atoms. The van der Waals surface area contributed by atoms with Gasteiger partial charge in [-0.25, -0.2) is 15.0 Å². The van der Waals surface area contributed by atoms with Crippen molar-refractivity contribution in [2.24, 2.45) is 0 Å². The SMILES string of the molecule is Cc1ccc(-c2nc(-c3ccc(C)cc3C)nc(-c3cc(C(C)C(=O)OCCO)cc(C(C)(C)C)c3O)n2)c(C)c1. The zero-order chi connectivity index (χ0) is 30.1. The van der Waals surface area contributed by atoms with Crippen LogP contribution in [0, 0.1) is 27.7 Å². The highest BCUT2D eigenvalue weighted by Gasteiger charge is 2.27. The molecule has 4 aromatic rings. The molecule has 1 unspecified atom stereocenters. The number of phenols is 1. The molecule has 0 saturated heterocycles. The number of carbonyl (C=O) groups is 1. The number of carbonyl (C=O) groups excluding carboxylic acids is 1. The first-order valence-corrected chi connectivity index (χ1v) is 13.9. The molecule has 3 aromatic carbocycles. The summed E-state index contributed by atoms with van der Waals surface area (Å²) in [5, 5.41) is 20.7. The van der Waals surface area contributed by atoms with Gasteiger partial charge in [0.05, 0.1) is 18.1 Å². The van der Waals surface area contributed by atoms with Gasteiger partial charge in [0, 0.05) is 16.7 Å². The Bertz CT molecular complexity index is 1540. The molecule has 1 atom stereocenters. The first-order valence-electron chi connectivity index (χ1n) is 13.9. The second kappa shape index (κ2) is 11.8. The number of aromatic hydroxyl groups is 1. The van der Waals surface area contributed by atoms with E-state index in [0.717, 1.165) is 33.4 Å². The number of phenolic OH excluding ortho intramolecular Hbond substituents is 1. The zero-order valence-corrected chi connectivity index (χ0v) is 25.2. The third-order valence-electron chi connectivity index (χ3n) is 7.25. The van der Waals surface area contributed by atoms with Crippen molar-refractivity contribution in [1.29, 1.82) is 0 Å². The zero-order valence-electron chi connectivity index (χ0n) is 25.2.